The van der Waals surface area contributed by atoms with Crippen LogP contribution in [0.25, 0.3) is 0 Å². The molecule has 0 aromatic carbocycles. The summed E-state index contributed by atoms with van der Waals surface area (Å²) in [6.07, 6.45) is 2.27. The van der Waals surface area contributed by atoms with Crippen molar-refractivity contribution in [1.82, 2.24) is 9.78 Å². The van der Waals surface area contributed by atoms with Gasteiger partial charge >= 0.3 is 0 Å². The molecule has 2 atom stereocenters. The van der Waals surface area contributed by atoms with Gasteiger partial charge in [0.15, 0.2) is 0 Å². The molecule has 1 N–H and O–H groups in total. The molecule has 5 nitrogen and oxygen atoms in total. The van der Waals surface area contributed by atoms with Gasteiger partial charge in [0, 0.05) is 24.7 Å². The Morgan fingerprint density at radius 3 is 2.77 bits per heavy atom. The van der Waals surface area contributed by atoms with Gasteiger partial charge in [0.25, 0.3) is 0 Å². The maximum absolute atomic E-state index is 12.7. The highest BCUT2D eigenvalue weighted by atomic mass is 32.1. The van der Waals surface area contributed by atoms with E-state index < -0.39 is 0 Å². The zero-order chi connectivity index (χ0) is 15.9. The van der Waals surface area contributed by atoms with Crippen LogP contribution in [0.5, 0.6) is 0 Å². The molecule has 1 aliphatic heterocycles. The van der Waals surface area contributed by atoms with Crippen LogP contribution in [0.4, 0.5) is 5.00 Å². The number of hydrogen-bond acceptors (Lipinski definition) is 4. The van der Waals surface area contributed by atoms with Crippen molar-refractivity contribution in [3.05, 3.63) is 34.0 Å². The van der Waals surface area contributed by atoms with Crippen molar-refractivity contribution in [3.63, 3.8) is 0 Å². The maximum atomic E-state index is 12.7. The van der Waals surface area contributed by atoms with E-state index in [1.165, 1.54) is 10.4 Å². The minimum atomic E-state index is -0.213. The number of carbonyl (C=O) groups is 1. The van der Waals surface area contributed by atoms with E-state index in [0.29, 0.717) is 6.61 Å². The highest BCUT2D eigenvalue weighted by Crippen LogP contribution is 2.37. The number of thiophene rings is 1. The minimum Gasteiger partial charge on any atom is -0.371 e. The van der Waals surface area contributed by atoms with E-state index in [4.69, 9.17) is 4.74 Å². The first-order valence-electron chi connectivity index (χ1n) is 7.46. The highest BCUT2D eigenvalue weighted by Gasteiger charge is 2.37. The molecule has 0 bridgehead atoms. The third kappa shape index (κ3) is 2.57. The van der Waals surface area contributed by atoms with Crippen LogP contribution in [0, 0.1) is 26.7 Å². The van der Waals surface area contributed by atoms with Crippen molar-refractivity contribution >= 4 is 22.2 Å². The predicted octanol–water partition coefficient (Wildman–Crippen LogP) is 3.12. The van der Waals surface area contributed by atoms with E-state index in [1.807, 2.05) is 13.1 Å². The van der Waals surface area contributed by atoms with Crippen LogP contribution >= 0.6 is 11.3 Å². The number of aromatic nitrogens is 2. The Balaban J connectivity index is 1.79. The Bertz CT molecular complexity index is 704. The molecule has 2 aromatic heterocycles. The predicted molar refractivity (Wildman–Crippen MR) is 87.2 cm³/mol. The Morgan fingerprint density at radius 2 is 2.18 bits per heavy atom. The second-order valence-corrected chi connectivity index (χ2v) is 7.02. The van der Waals surface area contributed by atoms with Crippen molar-refractivity contribution in [1.29, 1.82) is 0 Å². The van der Waals surface area contributed by atoms with Crippen molar-refractivity contribution < 1.29 is 9.53 Å². The van der Waals surface area contributed by atoms with Gasteiger partial charge in [0.05, 0.1) is 16.6 Å². The molecule has 1 aliphatic rings. The zero-order valence-electron chi connectivity index (χ0n) is 13.3. The van der Waals surface area contributed by atoms with Crippen LogP contribution < -0.4 is 5.32 Å². The number of carbonyl (C=O) groups excluding carboxylic acids is 1. The van der Waals surface area contributed by atoms with Crippen LogP contribution in [-0.2, 0) is 16.6 Å². The molecule has 3 heterocycles. The van der Waals surface area contributed by atoms with Gasteiger partial charge in [-0.05, 0) is 44.4 Å². The van der Waals surface area contributed by atoms with Crippen molar-refractivity contribution in [2.75, 3.05) is 11.9 Å². The number of amides is 1. The lowest BCUT2D eigenvalue weighted by molar-refractivity contribution is -0.121. The first-order chi connectivity index (χ1) is 10.5. The Morgan fingerprint density at radius 1 is 1.41 bits per heavy atom. The van der Waals surface area contributed by atoms with Gasteiger partial charge < -0.3 is 10.1 Å². The van der Waals surface area contributed by atoms with Crippen LogP contribution in [0.2, 0.25) is 0 Å². The van der Waals surface area contributed by atoms with Gasteiger partial charge in [-0.15, -0.1) is 11.3 Å². The van der Waals surface area contributed by atoms with Crippen LogP contribution in [0.15, 0.2) is 12.3 Å². The molecule has 22 heavy (non-hydrogen) atoms. The van der Waals surface area contributed by atoms with E-state index in [-0.39, 0.29) is 17.9 Å². The number of nitrogens with zero attached hydrogens (tertiary/aromatic N) is 2. The summed E-state index contributed by atoms with van der Waals surface area (Å²) in [7, 11) is 1.88. The van der Waals surface area contributed by atoms with E-state index in [9.17, 15) is 4.79 Å². The van der Waals surface area contributed by atoms with E-state index in [0.717, 1.165) is 22.7 Å². The molecule has 3 rings (SSSR count). The zero-order valence-corrected chi connectivity index (χ0v) is 14.2. The lowest BCUT2D eigenvalue weighted by Gasteiger charge is -2.18. The first kappa shape index (κ1) is 15.2. The molecule has 1 fully saturated rings. The molecule has 0 aliphatic carbocycles. The summed E-state index contributed by atoms with van der Waals surface area (Å²) >= 11 is 1.64. The molecular formula is C16H21N3O2S. The van der Waals surface area contributed by atoms with E-state index in [1.54, 1.807) is 22.2 Å². The number of ether oxygens (including phenoxy) is 1. The first-order valence-corrected chi connectivity index (χ1v) is 8.27. The maximum Gasteiger partial charge on any atom is 0.231 e. The summed E-state index contributed by atoms with van der Waals surface area (Å²) in [6.45, 7) is 6.83. The lowest BCUT2D eigenvalue weighted by atomic mass is 9.98. The average Bonchev–Trinajstić information content (AvgIpc) is 3.16. The smallest absolute Gasteiger partial charge is 0.231 e. The fraction of sp³-hybridized carbons (Fsp3) is 0.500. The van der Waals surface area contributed by atoms with Gasteiger partial charge in [-0.3, -0.25) is 9.48 Å². The normalized spacial score (nSPS) is 21.3. The quantitative estimate of drug-likeness (QED) is 0.945. The fourth-order valence-electron chi connectivity index (χ4n) is 2.88. The van der Waals surface area contributed by atoms with Crippen molar-refractivity contribution in [2.45, 2.75) is 33.3 Å². The molecule has 0 unspecified atom stereocenters. The molecule has 0 radical (unpaired) electrons. The second kappa shape index (κ2) is 5.85. The second-order valence-electron chi connectivity index (χ2n) is 5.79. The van der Waals surface area contributed by atoms with E-state index >= 15 is 0 Å². The average molecular weight is 319 g/mol. The van der Waals surface area contributed by atoms with E-state index in [2.05, 4.69) is 31.2 Å². The third-order valence-corrected chi connectivity index (χ3v) is 5.73. The fourth-order valence-corrected chi connectivity index (χ4v) is 3.95. The monoisotopic (exact) mass is 319 g/mol. The molecule has 118 valence electrons. The molecule has 6 heteroatoms. The molecule has 1 amide bonds. The minimum absolute atomic E-state index is 0.0352. The van der Waals surface area contributed by atoms with Gasteiger partial charge in [-0.25, -0.2) is 0 Å². The number of hydrogen-bond donors (Lipinski definition) is 1. The Kier molecular flexibility index (Phi) is 4.06. The number of nitrogens with one attached hydrogen (secondary N) is 1. The van der Waals surface area contributed by atoms with Gasteiger partial charge in [-0.2, -0.15) is 5.10 Å². The van der Waals surface area contributed by atoms with Crippen LogP contribution in [0.1, 0.15) is 34.2 Å². The summed E-state index contributed by atoms with van der Waals surface area (Å²) in [6, 6.07) is 1.92. The number of aryl methyl sites for hydroxylation is 2. The summed E-state index contributed by atoms with van der Waals surface area (Å²) in [5.74, 6) is -0.134. The number of rotatable bonds is 3. The largest absolute Gasteiger partial charge is 0.371 e. The van der Waals surface area contributed by atoms with Gasteiger partial charge in [0.1, 0.15) is 6.10 Å². The summed E-state index contributed by atoms with van der Waals surface area (Å²) in [5.41, 5.74) is 3.37. The van der Waals surface area contributed by atoms with Gasteiger partial charge in [-0.1, -0.05) is 0 Å². The molecule has 0 saturated carbocycles. The lowest BCUT2D eigenvalue weighted by Crippen LogP contribution is -2.26. The van der Waals surface area contributed by atoms with Crippen molar-refractivity contribution in [3.8, 4) is 0 Å². The Hall–Kier alpha value is -1.66. The molecule has 2 aromatic rings. The van der Waals surface area contributed by atoms with Gasteiger partial charge in [0.2, 0.25) is 5.91 Å². The molecule has 0 spiro atoms. The summed E-state index contributed by atoms with van der Waals surface area (Å²) in [4.78, 5) is 13.9. The highest BCUT2D eigenvalue weighted by molar-refractivity contribution is 7.16. The SMILES string of the molecule is Cc1sc(NC(=O)[C@@H]2CCO[C@H]2c2ccnn2C)c(C)c1C. The number of anilines is 1. The Labute approximate surface area is 134 Å². The topological polar surface area (TPSA) is 56.1 Å². The molecular weight excluding hydrogens is 298 g/mol. The summed E-state index contributed by atoms with van der Waals surface area (Å²) < 4.78 is 7.57. The molecule has 1 saturated heterocycles. The van der Waals surface area contributed by atoms with Crippen LogP contribution in [-0.4, -0.2) is 22.3 Å². The standard InChI is InChI=1S/C16H21N3O2S/c1-9-10(2)16(22-11(9)3)18-15(20)12-6-8-21-14(12)13-5-7-17-19(13)4/h5,7,12,14H,6,8H2,1-4H3,(H,18,20)/t12-,14-/m1/s1. The third-order valence-electron chi connectivity index (χ3n) is 4.50. The summed E-state index contributed by atoms with van der Waals surface area (Å²) in [5, 5.41) is 8.22. The van der Waals surface area contributed by atoms with Crippen molar-refractivity contribution in [2.24, 2.45) is 13.0 Å². The van der Waals surface area contributed by atoms with Crippen LogP contribution in [0.3, 0.4) is 0 Å².